The van der Waals surface area contributed by atoms with E-state index in [0.717, 1.165) is 12.8 Å². The normalized spacial score (nSPS) is 32.6. The molecule has 0 aromatic rings. The highest BCUT2D eigenvalue weighted by Gasteiger charge is 2.56. The number of hydrogen-bond acceptors (Lipinski definition) is 4. The maximum absolute atomic E-state index is 12.8. The Balaban J connectivity index is 1.68. The van der Waals surface area contributed by atoms with E-state index in [1.54, 1.807) is 0 Å². The summed E-state index contributed by atoms with van der Waals surface area (Å²) in [5.41, 5.74) is 0.703. The van der Waals surface area contributed by atoms with Crippen LogP contribution in [0, 0.1) is 11.3 Å². The molecule has 0 aromatic heterocycles. The standard InChI is InChI=1S/C15H25N3O3S/c1-22(20,21)18-9-13-8-16-10-15(13,11-18)14(19)17-7-12-5-3-2-4-6-12/h5,13,16H,2-4,6-11H2,1H3,(H,17,19)/t13-,15-/m0/s1. The number of rotatable bonds is 4. The van der Waals surface area contributed by atoms with Crippen molar-refractivity contribution in [3.63, 3.8) is 0 Å². The molecule has 0 spiro atoms. The second-order valence-corrected chi connectivity index (χ2v) is 8.81. The van der Waals surface area contributed by atoms with Crippen LogP contribution in [0.2, 0.25) is 0 Å². The quantitative estimate of drug-likeness (QED) is 0.717. The number of hydrogen-bond donors (Lipinski definition) is 2. The van der Waals surface area contributed by atoms with E-state index in [0.29, 0.717) is 32.7 Å². The number of nitrogens with one attached hydrogen (secondary N) is 2. The summed E-state index contributed by atoms with van der Waals surface area (Å²) >= 11 is 0. The largest absolute Gasteiger partial charge is 0.352 e. The summed E-state index contributed by atoms with van der Waals surface area (Å²) in [6.07, 6.45) is 8.03. The summed E-state index contributed by atoms with van der Waals surface area (Å²) in [6, 6.07) is 0. The lowest BCUT2D eigenvalue weighted by molar-refractivity contribution is -0.130. The predicted molar refractivity (Wildman–Crippen MR) is 84.8 cm³/mol. The van der Waals surface area contributed by atoms with Crippen LogP contribution in [0.15, 0.2) is 11.6 Å². The predicted octanol–water partition coefficient (Wildman–Crippen LogP) is 0.0840. The molecule has 2 saturated heterocycles. The van der Waals surface area contributed by atoms with Gasteiger partial charge < -0.3 is 10.6 Å². The van der Waals surface area contributed by atoms with Gasteiger partial charge in [-0.15, -0.1) is 0 Å². The van der Waals surface area contributed by atoms with Gasteiger partial charge in [0.2, 0.25) is 15.9 Å². The van der Waals surface area contributed by atoms with Crippen molar-refractivity contribution in [2.24, 2.45) is 11.3 Å². The third-order valence-electron chi connectivity index (χ3n) is 5.28. The van der Waals surface area contributed by atoms with Crippen molar-refractivity contribution < 1.29 is 13.2 Å². The molecule has 0 saturated carbocycles. The fraction of sp³-hybridized carbons (Fsp3) is 0.800. The van der Waals surface area contributed by atoms with Gasteiger partial charge in [0.25, 0.3) is 0 Å². The SMILES string of the molecule is CS(=O)(=O)N1C[C@@H]2CNC[C@]2(C(=O)NCC2=CCCCC2)C1. The first kappa shape index (κ1) is 16.0. The van der Waals surface area contributed by atoms with E-state index in [2.05, 4.69) is 16.7 Å². The first-order chi connectivity index (χ1) is 10.4. The van der Waals surface area contributed by atoms with E-state index < -0.39 is 15.4 Å². The van der Waals surface area contributed by atoms with Gasteiger partial charge in [0, 0.05) is 38.6 Å². The number of carbonyl (C=O) groups excluding carboxylic acids is 1. The Morgan fingerprint density at radius 3 is 3.00 bits per heavy atom. The van der Waals surface area contributed by atoms with Gasteiger partial charge >= 0.3 is 0 Å². The van der Waals surface area contributed by atoms with Gasteiger partial charge in [0.1, 0.15) is 0 Å². The molecule has 2 heterocycles. The first-order valence-corrected chi connectivity index (χ1v) is 9.89. The summed E-state index contributed by atoms with van der Waals surface area (Å²) in [5.74, 6) is 0.0719. The molecular formula is C15H25N3O3S. The average Bonchev–Trinajstić information content (AvgIpc) is 3.03. The molecule has 22 heavy (non-hydrogen) atoms. The van der Waals surface area contributed by atoms with Crippen molar-refractivity contribution in [3.05, 3.63) is 11.6 Å². The van der Waals surface area contributed by atoms with Crippen LogP contribution in [0.5, 0.6) is 0 Å². The zero-order valence-electron chi connectivity index (χ0n) is 13.1. The van der Waals surface area contributed by atoms with Crippen LogP contribution in [-0.4, -0.2) is 57.6 Å². The van der Waals surface area contributed by atoms with Crippen molar-refractivity contribution in [2.45, 2.75) is 25.7 Å². The number of sulfonamides is 1. The van der Waals surface area contributed by atoms with Crippen molar-refractivity contribution in [3.8, 4) is 0 Å². The third kappa shape index (κ3) is 2.94. The monoisotopic (exact) mass is 327 g/mol. The Bertz CT molecular complexity index is 587. The van der Waals surface area contributed by atoms with Crippen LogP contribution in [0.1, 0.15) is 25.7 Å². The Hall–Kier alpha value is -0.920. The second-order valence-electron chi connectivity index (χ2n) is 6.83. The van der Waals surface area contributed by atoms with E-state index >= 15 is 0 Å². The van der Waals surface area contributed by atoms with Crippen molar-refractivity contribution in [1.29, 1.82) is 0 Å². The summed E-state index contributed by atoms with van der Waals surface area (Å²) in [7, 11) is -3.24. The smallest absolute Gasteiger partial charge is 0.229 e. The third-order valence-corrected chi connectivity index (χ3v) is 6.49. The molecule has 0 radical (unpaired) electrons. The molecule has 1 aliphatic carbocycles. The molecule has 124 valence electrons. The van der Waals surface area contributed by atoms with E-state index in [4.69, 9.17) is 0 Å². The molecule has 3 aliphatic rings. The molecule has 7 heteroatoms. The lowest BCUT2D eigenvalue weighted by Gasteiger charge is -2.27. The minimum atomic E-state index is -3.24. The van der Waals surface area contributed by atoms with Gasteiger partial charge in [-0.2, -0.15) is 0 Å². The fourth-order valence-corrected chi connectivity index (χ4v) is 4.80. The van der Waals surface area contributed by atoms with Crippen LogP contribution in [-0.2, 0) is 14.8 Å². The van der Waals surface area contributed by atoms with Crippen LogP contribution < -0.4 is 10.6 Å². The lowest BCUT2D eigenvalue weighted by Crippen LogP contribution is -2.48. The minimum Gasteiger partial charge on any atom is -0.352 e. The maximum Gasteiger partial charge on any atom is 0.229 e. The number of amides is 1. The zero-order chi connectivity index (χ0) is 15.8. The summed E-state index contributed by atoms with van der Waals surface area (Å²) in [4.78, 5) is 12.8. The van der Waals surface area contributed by atoms with Gasteiger partial charge in [-0.05, 0) is 25.7 Å². The van der Waals surface area contributed by atoms with Crippen LogP contribution in [0.3, 0.4) is 0 Å². The molecule has 3 rings (SSSR count). The van der Waals surface area contributed by atoms with E-state index in [1.807, 2.05) is 0 Å². The topological polar surface area (TPSA) is 78.5 Å². The molecule has 6 nitrogen and oxygen atoms in total. The fourth-order valence-electron chi connectivity index (χ4n) is 3.88. The number of allylic oxidation sites excluding steroid dienone is 1. The molecule has 0 aromatic carbocycles. The van der Waals surface area contributed by atoms with E-state index in [-0.39, 0.29) is 11.8 Å². The molecule has 1 amide bonds. The Kier molecular flexibility index (Phi) is 4.31. The molecule has 0 unspecified atom stereocenters. The average molecular weight is 327 g/mol. The van der Waals surface area contributed by atoms with Gasteiger partial charge in [0.05, 0.1) is 11.7 Å². The van der Waals surface area contributed by atoms with Gasteiger partial charge in [0.15, 0.2) is 0 Å². The first-order valence-electron chi connectivity index (χ1n) is 8.04. The lowest BCUT2D eigenvalue weighted by atomic mass is 9.80. The number of fused-ring (bicyclic) bond motifs is 1. The summed E-state index contributed by atoms with van der Waals surface area (Å²) < 4.78 is 25.1. The number of carbonyl (C=O) groups is 1. The molecular weight excluding hydrogens is 302 g/mol. The maximum atomic E-state index is 12.8. The highest BCUT2D eigenvalue weighted by molar-refractivity contribution is 7.88. The van der Waals surface area contributed by atoms with Crippen molar-refractivity contribution in [1.82, 2.24) is 14.9 Å². The molecule has 2 fully saturated rings. The summed E-state index contributed by atoms with van der Waals surface area (Å²) in [6.45, 7) is 2.62. The van der Waals surface area contributed by atoms with Gasteiger partial charge in [-0.25, -0.2) is 12.7 Å². The Morgan fingerprint density at radius 2 is 2.32 bits per heavy atom. The molecule has 2 N–H and O–H groups in total. The second kappa shape index (κ2) is 5.94. The van der Waals surface area contributed by atoms with Gasteiger partial charge in [-0.3, -0.25) is 4.79 Å². The molecule has 0 bridgehead atoms. The zero-order valence-corrected chi connectivity index (χ0v) is 13.9. The van der Waals surface area contributed by atoms with Crippen LogP contribution in [0.25, 0.3) is 0 Å². The highest BCUT2D eigenvalue weighted by Crippen LogP contribution is 2.40. The molecule has 2 atom stereocenters. The van der Waals surface area contributed by atoms with E-state index in [1.165, 1.54) is 29.0 Å². The molecule has 2 aliphatic heterocycles. The van der Waals surface area contributed by atoms with Crippen molar-refractivity contribution in [2.75, 3.05) is 39.0 Å². The highest BCUT2D eigenvalue weighted by atomic mass is 32.2. The minimum absolute atomic E-state index is 0.000114. The van der Waals surface area contributed by atoms with Crippen LogP contribution >= 0.6 is 0 Å². The number of nitrogens with zero attached hydrogens (tertiary/aromatic N) is 1. The van der Waals surface area contributed by atoms with Crippen LogP contribution in [0.4, 0.5) is 0 Å². The van der Waals surface area contributed by atoms with Crippen molar-refractivity contribution >= 4 is 15.9 Å². The summed E-state index contributed by atoms with van der Waals surface area (Å²) in [5, 5.41) is 6.32. The Morgan fingerprint density at radius 1 is 1.50 bits per heavy atom. The van der Waals surface area contributed by atoms with Gasteiger partial charge in [-0.1, -0.05) is 11.6 Å². The van der Waals surface area contributed by atoms with E-state index in [9.17, 15) is 13.2 Å². The Labute approximate surface area is 132 Å².